The molecule has 4 heteroatoms. The van der Waals surface area contributed by atoms with Crippen LogP contribution in [0, 0.1) is 13.8 Å². The first-order valence-corrected chi connectivity index (χ1v) is 7.42. The molecule has 1 aliphatic rings. The number of ether oxygens (including phenoxy) is 1. The van der Waals surface area contributed by atoms with Gasteiger partial charge in [0.15, 0.2) is 5.82 Å². The Morgan fingerprint density at radius 2 is 1.86 bits per heavy atom. The van der Waals surface area contributed by atoms with Gasteiger partial charge in [0.1, 0.15) is 5.75 Å². The van der Waals surface area contributed by atoms with E-state index in [1.165, 1.54) is 18.4 Å². The van der Waals surface area contributed by atoms with Crippen molar-refractivity contribution in [2.45, 2.75) is 32.7 Å². The number of aromatic nitrogens is 2. The van der Waals surface area contributed by atoms with Crippen LogP contribution in [-0.2, 0) is 0 Å². The van der Waals surface area contributed by atoms with Gasteiger partial charge in [-0.2, -0.15) is 0 Å². The molecule has 4 nitrogen and oxygen atoms in total. The summed E-state index contributed by atoms with van der Waals surface area (Å²) >= 11 is 0. The molecule has 2 heterocycles. The maximum atomic E-state index is 5.42. The Kier molecular flexibility index (Phi) is 3.88. The van der Waals surface area contributed by atoms with E-state index in [2.05, 4.69) is 19.2 Å². The lowest BCUT2D eigenvalue weighted by Crippen LogP contribution is -2.17. The van der Waals surface area contributed by atoms with Crippen molar-refractivity contribution >= 4 is 0 Å². The van der Waals surface area contributed by atoms with Crippen molar-refractivity contribution in [2.75, 3.05) is 13.7 Å². The van der Waals surface area contributed by atoms with Crippen LogP contribution in [-0.4, -0.2) is 23.6 Å². The van der Waals surface area contributed by atoms with E-state index < -0.39 is 0 Å². The van der Waals surface area contributed by atoms with Gasteiger partial charge in [-0.25, -0.2) is 9.97 Å². The van der Waals surface area contributed by atoms with Crippen molar-refractivity contribution in [3.05, 3.63) is 41.2 Å². The number of para-hydroxylation sites is 1. The Hall–Kier alpha value is -1.94. The lowest BCUT2D eigenvalue weighted by Gasteiger charge is -2.17. The van der Waals surface area contributed by atoms with E-state index in [1.807, 2.05) is 24.3 Å². The Morgan fingerprint density at radius 1 is 1.14 bits per heavy atom. The van der Waals surface area contributed by atoms with E-state index in [0.29, 0.717) is 6.04 Å². The van der Waals surface area contributed by atoms with Crippen molar-refractivity contribution in [1.82, 2.24) is 15.3 Å². The molecule has 0 saturated carbocycles. The molecular formula is C17H21N3O. The van der Waals surface area contributed by atoms with Crippen LogP contribution in [0.3, 0.4) is 0 Å². The number of hydrogen-bond acceptors (Lipinski definition) is 4. The molecule has 0 spiro atoms. The van der Waals surface area contributed by atoms with Gasteiger partial charge in [-0.15, -0.1) is 0 Å². The average molecular weight is 283 g/mol. The first kappa shape index (κ1) is 14.0. The first-order valence-electron chi connectivity index (χ1n) is 7.42. The van der Waals surface area contributed by atoms with Gasteiger partial charge in [0.2, 0.25) is 0 Å². The maximum absolute atomic E-state index is 5.42. The smallest absolute Gasteiger partial charge is 0.163 e. The summed E-state index contributed by atoms with van der Waals surface area (Å²) in [5.74, 6) is 1.55. The molecule has 1 atom stereocenters. The molecule has 1 N–H and O–H groups in total. The quantitative estimate of drug-likeness (QED) is 0.939. The lowest BCUT2D eigenvalue weighted by molar-refractivity contribution is 0.416. The largest absolute Gasteiger partial charge is 0.496 e. The second-order valence-corrected chi connectivity index (χ2v) is 5.48. The van der Waals surface area contributed by atoms with Crippen molar-refractivity contribution < 1.29 is 4.74 Å². The number of nitrogens with zero attached hydrogens (tertiary/aromatic N) is 2. The minimum Gasteiger partial charge on any atom is -0.496 e. The fourth-order valence-corrected chi connectivity index (χ4v) is 3.11. The second-order valence-electron chi connectivity index (χ2n) is 5.48. The number of benzene rings is 1. The molecule has 0 aliphatic carbocycles. The highest BCUT2D eigenvalue weighted by molar-refractivity contribution is 5.64. The van der Waals surface area contributed by atoms with Crippen LogP contribution in [0.1, 0.15) is 35.8 Å². The molecule has 1 unspecified atom stereocenters. The van der Waals surface area contributed by atoms with Crippen LogP contribution in [0.2, 0.25) is 0 Å². The Labute approximate surface area is 125 Å². The Balaban J connectivity index is 2.05. The van der Waals surface area contributed by atoms with E-state index >= 15 is 0 Å². The highest BCUT2D eigenvalue weighted by Crippen LogP contribution is 2.31. The first-order chi connectivity index (χ1) is 10.2. The van der Waals surface area contributed by atoms with Gasteiger partial charge in [0.25, 0.3) is 0 Å². The molecule has 1 saturated heterocycles. The van der Waals surface area contributed by atoms with Crippen LogP contribution < -0.4 is 10.1 Å². The van der Waals surface area contributed by atoms with Crippen LogP contribution in [0.15, 0.2) is 24.3 Å². The molecule has 1 aromatic heterocycles. The number of aryl methyl sites for hydroxylation is 2. The monoisotopic (exact) mass is 283 g/mol. The number of methoxy groups -OCH3 is 1. The minimum absolute atomic E-state index is 0.400. The van der Waals surface area contributed by atoms with Gasteiger partial charge >= 0.3 is 0 Å². The van der Waals surface area contributed by atoms with Gasteiger partial charge in [0, 0.05) is 23.0 Å². The summed E-state index contributed by atoms with van der Waals surface area (Å²) in [6, 6.07) is 8.28. The lowest BCUT2D eigenvalue weighted by atomic mass is 10.0. The van der Waals surface area contributed by atoms with E-state index in [4.69, 9.17) is 14.7 Å². The van der Waals surface area contributed by atoms with Crippen molar-refractivity contribution in [3.8, 4) is 17.1 Å². The zero-order valence-electron chi connectivity index (χ0n) is 12.8. The fourth-order valence-electron chi connectivity index (χ4n) is 3.11. The normalized spacial score (nSPS) is 18.0. The van der Waals surface area contributed by atoms with Gasteiger partial charge < -0.3 is 10.1 Å². The summed E-state index contributed by atoms with van der Waals surface area (Å²) in [5.41, 5.74) is 4.31. The number of rotatable bonds is 3. The van der Waals surface area contributed by atoms with Crippen LogP contribution in [0.25, 0.3) is 11.4 Å². The van der Waals surface area contributed by atoms with Crippen molar-refractivity contribution in [2.24, 2.45) is 0 Å². The Bertz CT molecular complexity index is 625. The van der Waals surface area contributed by atoms with E-state index in [-0.39, 0.29) is 0 Å². The second kappa shape index (κ2) is 5.82. The average Bonchev–Trinajstić information content (AvgIpc) is 3.00. The zero-order valence-corrected chi connectivity index (χ0v) is 12.8. The molecule has 0 bridgehead atoms. The predicted octanol–water partition coefficient (Wildman–Crippen LogP) is 3.19. The summed E-state index contributed by atoms with van der Waals surface area (Å²) in [7, 11) is 1.68. The van der Waals surface area contributed by atoms with Crippen LogP contribution in [0.5, 0.6) is 5.75 Å². The highest BCUT2D eigenvalue weighted by Gasteiger charge is 2.22. The van der Waals surface area contributed by atoms with Crippen LogP contribution >= 0.6 is 0 Å². The van der Waals surface area contributed by atoms with Gasteiger partial charge in [-0.1, -0.05) is 12.1 Å². The van der Waals surface area contributed by atoms with E-state index in [1.54, 1.807) is 7.11 Å². The standard InChI is InChI=1S/C17H21N3O/c1-11-16(14-8-6-10-18-14)12(2)20-17(19-11)13-7-4-5-9-15(13)21-3/h4-5,7,9,14,18H,6,8,10H2,1-3H3. The fraction of sp³-hybridized carbons (Fsp3) is 0.412. The summed E-state index contributed by atoms with van der Waals surface area (Å²) in [5, 5.41) is 3.53. The summed E-state index contributed by atoms with van der Waals surface area (Å²) in [6.07, 6.45) is 2.39. The third kappa shape index (κ3) is 2.63. The summed E-state index contributed by atoms with van der Waals surface area (Å²) in [4.78, 5) is 9.45. The van der Waals surface area contributed by atoms with Crippen molar-refractivity contribution in [3.63, 3.8) is 0 Å². The molecule has 1 aliphatic heterocycles. The molecule has 110 valence electrons. The zero-order chi connectivity index (χ0) is 14.8. The van der Waals surface area contributed by atoms with E-state index in [9.17, 15) is 0 Å². The highest BCUT2D eigenvalue weighted by atomic mass is 16.5. The Morgan fingerprint density at radius 3 is 2.48 bits per heavy atom. The molecule has 0 radical (unpaired) electrons. The molecular weight excluding hydrogens is 262 g/mol. The maximum Gasteiger partial charge on any atom is 0.163 e. The van der Waals surface area contributed by atoms with E-state index in [0.717, 1.165) is 35.1 Å². The van der Waals surface area contributed by atoms with Gasteiger partial charge in [-0.05, 0) is 45.4 Å². The SMILES string of the molecule is COc1ccccc1-c1nc(C)c(C2CCCN2)c(C)n1. The van der Waals surface area contributed by atoms with Crippen molar-refractivity contribution in [1.29, 1.82) is 0 Å². The van der Waals surface area contributed by atoms with Gasteiger partial charge in [-0.3, -0.25) is 0 Å². The number of hydrogen-bond donors (Lipinski definition) is 1. The summed E-state index contributed by atoms with van der Waals surface area (Å²) < 4.78 is 5.42. The molecule has 3 rings (SSSR count). The molecule has 0 amide bonds. The predicted molar refractivity (Wildman–Crippen MR) is 83.5 cm³/mol. The van der Waals surface area contributed by atoms with Gasteiger partial charge in [0.05, 0.1) is 12.7 Å². The van der Waals surface area contributed by atoms with Crippen LogP contribution in [0.4, 0.5) is 0 Å². The third-order valence-corrected chi connectivity index (χ3v) is 4.08. The summed E-state index contributed by atoms with van der Waals surface area (Å²) in [6.45, 7) is 5.23. The number of nitrogens with one attached hydrogen (secondary N) is 1. The topological polar surface area (TPSA) is 47.0 Å². The molecule has 1 fully saturated rings. The minimum atomic E-state index is 0.400. The third-order valence-electron chi connectivity index (χ3n) is 4.08. The molecule has 21 heavy (non-hydrogen) atoms. The molecule has 1 aromatic carbocycles. The molecule has 2 aromatic rings.